The van der Waals surface area contributed by atoms with Gasteiger partial charge >= 0.3 is 5.97 Å². The summed E-state index contributed by atoms with van der Waals surface area (Å²) in [6, 6.07) is -0.0575. The van der Waals surface area contributed by atoms with E-state index in [0.29, 0.717) is 0 Å². The number of carbonyl (C=O) groups is 1. The fourth-order valence-electron chi connectivity index (χ4n) is 2.00. The van der Waals surface area contributed by atoms with E-state index >= 15 is 0 Å². The number of unbranched alkanes of at least 4 members (excludes halogenated alkanes) is 1. The van der Waals surface area contributed by atoms with E-state index in [0.717, 1.165) is 25.3 Å². The highest BCUT2D eigenvalue weighted by molar-refractivity contribution is 5.75. The minimum Gasteiger partial charge on any atom is -0.468 e. The lowest BCUT2D eigenvalue weighted by Crippen LogP contribution is -2.44. The van der Waals surface area contributed by atoms with Crippen LogP contribution in [-0.4, -0.2) is 25.7 Å². The molecule has 1 aliphatic heterocycles. The summed E-state index contributed by atoms with van der Waals surface area (Å²) in [4.78, 5) is 11.2. The molecule has 2 atom stereocenters. The second-order valence-electron chi connectivity index (χ2n) is 4.07. The zero-order valence-electron chi connectivity index (χ0n) is 9.21. The van der Waals surface area contributed by atoms with Crippen molar-refractivity contribution in [1.29, 1.82) is 0 Å². The summed E-state index contributed by atoms with van der Waals surface area (Å²) in [5.41, 5.74) is 0. The summed E-state index contributed by atoms with van der Waals surface area (Å²) in [6.45, 7) is 3.19. The third kappa shape index (κ3) is 3.29. The van der Waals surface area contributed by atoms with Crippen LogP contribution in [0.25, 0.3) is 0 Å². The molecule has 14 heavy (non-hydrogen) atoms. The van der Waals surface area contributed by atoms with E-state index in [2.05, 4.69) is 12.2 Å². The normalized spacial score (nSPS) is 27.3. The molecule has 3 heteroatoms. The van der Waals surface area contributed by atoms with Crippen molar-refractivity contribution in [2.45, 2.75) is 45.1 Å². The van der Waals surface area contributed by atoms with Crippen molar-refractivity contribution in [2.24, 2.45) is 5.92 Å². The van der Waals surface area contributed by atoms with E-state index in [-0.39, 0.29) is 12.0 Å². The van der Waals surface area contributed by atoms with Crippen LogP contribution in [0, 0.1) is 5.92 Å². The largest absolute Gasteiger partial charge is 0.468 e. The van der Waals surface area contributed by atoms with Crippen LogP contribution in [0.2, 0.25) is 0 Å². The molecule has 1 N–H and O–H groups in total. The molecule has 0 aromatic carbocycles. The Bertz CT molecular complexity index is 174. The molecule has 0 aromatic heterocycles. The number of hydrogen-bond acceptors (Lipinski definition) is 3. The molecule has 0 aliphatic carbocycles. The van der Waals surface area contributed by atoms with Crippen LogP contribution in [0.5, 0.6) is 0 Å². The van der Waals surface area contributed by atoms with E-state index in [1.54, 1.807) is 0 Å². The first-order chi connectivity index (χ1) is 6.77. The molecule has 0 radical (unpaired) electrons. The Labute approximate surface area is 86.2 Å². The predicted molar refractivity (Wildman–Crippen MR) is 56.1 cm³/mol. The van der Waals surface area contributed by atoms with E-state index in [1.807, 2.05) is 0 Å². The second kappa shape index (κ2) is 6.02. The average Bonchev–Trinajstić information content (AvgIpc) is 2.26. The van der Waals surface area contributed by atoms with Crippen molar-refractivity contribution in [3.63, 3.8) is 0 Å². The third-order valence-electron chi connectivity index (χ3n) is 2.97. The molecule has 0 saturated carbocycles. The van der Waals surface area contributed by atoms with Gasteiger partial charge in [0, 0.05) is 0 Å². The predicted octanol–water partition coefficient (Wildman–Crippen LogP) is 1.72. The lowest BCUT2D eigenvalue weighted by molar-refractivity contribution is -0.143. The number of ether oxygens (including phenoxy) is 1. The quantitative estimate of drug-likeness (QED) is 0.701. The summed E-state index contributed by atoms with van der Waals surface area (Å²) in [7, 11) is 1.45. The van der Waals surface area contributed by atoms with Gasteiger partial charge in [-0.3, -0.25) is 4.79 Å². The topological polar surface area (TPSA) is 38.3 Å². The zero-order valence-corrected chi connectivity index (χ0v) is 9.21. The molecular weight excluding hydrogens is 178 g/mol. The maximum atomic E-state index is 11.2. The van der Waals surface area contributed by atoms with Crippen LogP contribution in [0.3, 0.4) is 0 Å². The first kappa shape index (κ1) is 11.5. The first-order valence-corrected chi connectivity index (χ1v) is 5.59. The summed E-state index contributed by atoms with van der Waals surface area (Å²) in [6.07, 6.45) is 5.94. The van der Waals surface area contributed by atoms with Gasteiger partial charge in [0.05, 0.1) is 7.11 Å². The van der Waals surface area contributed by atoms with Gasteiger partial charge in [-0.2, -0.15) is 0 Å². The number of piperidine rings is 1. The van der Waals surface area contributed by atoms with Crippen molar-refractivity contribution in [1.82, 2.24) is 5.32 Å². The van der Waals surface area contributed by atoms with Crippen LogP contribution in [0.1, 0.15) is 39.0 Å². The highest BCUT2D eigenvalue weighted by Crippen LogP contribution is 2.20. The Balaban J connectivity index is 2.20. The summed E-state index contributed by atoms with van der Waals surface area (Å²) in [5, 5.41) is 3.25. The Hall–Kier alpha value is -0.570. The van der Waals surface area contributed by atoms with Crippen molar-refractivity contribution in [3.05, 3.63) is 0 Å². The van der Waals surface area contributed by atoms with Crippen LogP contribution < -0.4 is 5.32 Å². The molecule has 1 fully saturated rings. The van der Waals surface area contributed by atoms with Gasteiger partial charge in [-0.05, 0) is 31.7 Å². The molecule has 1 aliphatic rings. The SMILES string of the molecule is CCCCC1CCC(C(=O)OC)NC1. The number of hydrogen-bond donors (Lipinski definition) is 1. The van der Waals surface area contributed by atoms with Crippen LogP contribution in [0.4, 0.5) is 0 Å². The van der Waals surface area contributed by atoms with Crippen molar-refractivity contribution < 1.29 is 9.53 Å². The monoisotopic (exact) mass is 199 g/mol. The molecule has 1 rings (SSSR count). The summed E-state index contributed by atoms with van der Waals surface area (Å²) in [5.74, 6) is 0.648. The number of carbonyl (C=O) groups excluding carboxylic acids is 1. The molecule has 3 nitrogen and oxygen atoms in total. The lowest BCUT2D eigenvalue weighted by Gasteiger charge is -2.28. The molecule has 0 bridgehead atoms. The van der Waals surface area contributed by atoms with Crippen LogP contribution >= 0.6 is 0 Å². The van der Waals surface area contributed by atoms with E-state index in [9.17, 15) is 4.79 Å². The summed E-state index contributed by atoms with van der Waals surface area (Å²) < 4.78 is 4.70. The summed E-state index contributed by atoms with van der Waals surface area (Å²) >= 11 is 0. The van der Waals surface area contributed by atoms with Gasteiger partial charge in [-0.25, -0.2) is 0 Å². The minimum atomic E-state index is -0.112. The number of methoxy groups -OCH3 is 1. The molecule has 1 saturated heterocycles. The molecule has 0 aromatic rings. The van der Waals surface area contributed by atoms with Gasteiger partial charge in [0.1, 0.15) is 6.04 Å². The molecule has 82 valence electrons. The average molecular weight is 199 g/mol. The second-order valence-corrected chi connectivity index (χ2v) is 4.07. The highest BCUT2D eigenvalue weighted by Gasteiger charge is 2.25. The Morgan fingerprint density at radius 2 is 2.29 bits per heavy atom. The van der Waals surface area contributed by atoms with Crippen LogP contribution in [-0.2, 0) is 9.53 Å². The Morgan fingerprint density at radius 3 is 2.79 bits per heavy atom. The van der Waals surface area contributed by atoms with Gasteiger partial charge in [0.15, 0.2) is 0 Å². The first-order valence-electron chi connectivity index (χ1n) is 5.59. The fraction of sp³-hybridized carbons (Fsp3) is 0.909. The van der Waals surface area contributed by atoms with Gasteiger partial charge < -0.3 is 10.1 Å². The van der Waals surface area contributed by atoms with E-state index in [4.69, 9.17) is 4.74 Å². The smallest absolute Gasteiger partial charge is 0.322 e. The van der Waals surface area contributed by atoms with Gasteiger partial charge in [-0.15, -0.1) is 0 Å². The third-order valence-corrected chi connectivity index (χ3v) is 2.97. The molecule has 1 heterocycles. The van der Waals surface area contributed by atoms with Gasteiger partial charge in [-0.1, -0.05) is 19.8 Å². The minimum absolute atomic E-state index is 0.0575. The molecule has 0 spiro atoms. The van der Waals surface area contributed by atoms with Crippen molar-refractivity contribution >= 4 is 5.97 Å². The molecule has 2 unspecified atom stereocenters. The Kier molecular flexibility index (Phi) is 4.94. The standard InChI is InChI=1S/C11H21NO2/c1-3-4-5-9-6-7-10(12-8-9)11(13)14-2/h9-10,12H,3-8H2,1-2H3. The Morgan fingerprint density at radius 1 is 1.50 bits per heavy atom. The van der Waals surface area contributed by atoms with Crippen LogP contribution in [0.15, 0.2) is 0 Å². The number of rotatable bonds is 4. The maximum Gasteiger partial charge on any atom is 0.322 e. The lowest BCUT2D eigenvalue weighted by atomic mass is 9.91. The molecular formula is C11H21NO2. The van der Waals surface area contributed by atoms with E-state index in [1.165, 1.54) is 26.4 Å². The number of esters is 1. The van der Waals surface area contributed by atoms with E-state index < -0.39 is 0 Å². The van der Waals surface area contributed by atoms with Crippen molar-refractivity contribution in [3.8, 4) is 0 Å². The van der Waals surface area contributed by atoms with Crippen molar-refractivity contribution in [2.75, 3.05) is 13.7 Å². The van der Waals surface area contributed by atoms with Gasteiger partial charge in [0.2, 0.25) is 0 Å². The number of nitrogens with one attached hydrogen (secondary N) is 1. The molecule has 0 amide bonds. The maximum absolute atomic E-state index is 11.2. The highest BCUT2D eigenvalue weighted by atomic mass is 16.5. The van der Waals surface area contributed by atoms with Gasteiger partial charge in [0.25, 0.3) is 0 Å². The fourth-order valence-corrected chi connectivity index (χ4v) is 2.00. The zero-order chi connectivity index (χ0) is 10.4.